The summed E-state index contributed by atoms with van der Waals surface area (Å²) in [6, 6.07) is 8.27. The fourth-order valence-corrected chi connectivity index (χ4v) is 5.53. The van der Waals surface area contributed by atoms with Crippen molar-refractivity contribution in [2.75, 3.05) is 19.6 Å². The highest BCUT2D eigenvalue weighted by Crippen LogP contribution is 2.35. The summed E-state index contributed by atoms with van der Waals surface area (Å²) in [7, 11) is 0. The number of aromatic amines is 1. The number of carbonyl (C=O) groups is 1. The average Bonchev–Trinajstić information content (AvgIpc) is 3.11. The first-order valence-electron chi connectivity index (χ1n) is 11.6. The van der Waals surface area contributed by atoms with Crippen molar-refractivity contribution >= 4 is 27.5 Å². The van der Waals surface area contributed by atoms with Crippen LogP contribution in [0.25, 0.3) is 21.3 Å². The van der Waals surface area contributed by atoms with E-state index in [1.807, 2.05) is 6.92 Å². The Morgan fingerprint density at radius 1 is 1.28 bits per heavy atom. The van der Waals surface area contributed by atoms with Crippen LogP contribution < -0.4 is 10.9 Å². The molecular weight excluding hydrogens is 420 g/mol. The van der Waals surface area contributed by atoms with Gasteiger partial charge in [0.25, 0.3) is 5.56 Å². The molecule has 2 aromatic heterocycles. The number of carbonyl (C=O) groups excluding carboxylic acids is 1. The fourth-order valence-electron chi connectivity index (χ4n) is 4.46. The van der Waals surface area contributed by atoms with Crippen LogP contribution >= 0.6 is 11.3 Å². The van der Waals surface area contributed by atoms with Gasteiger partial charge in [0.15, 0.2) is 0 Å². The standard InChI is InChI=1S/C25H32N4O2S/c1-4-5-12-26-23(30)19-7-6-13-29(14-19)15-20-27-24(31)22-21(17(3)32-25(22)28-20)18-10-8-16(2)9-11-18/h8-11,19H,4-7,12-15H2,1-3H3,(H,26,30)(H,27,28,31). The van der Waals surface area contributed by atoms with Gasteiger partial charge in [-0.05, 0) is 45.2 Å². The quantitative estimate of drug-likeness (QED) is 0.521. The number of hydrogen-bond donors (Lipinski definition) is 2. The van der Waals surface area contributed by atoms with E-state index in [1.165, 1.54) is 5.56 Å². The first kappa shape index (κ1) is 22.7. The summed E-state index contributed by atoms with van der Waals surface area (Å²) in [6.07, 6.45) is 3.99. The third kappa shape index (κ3) is 4.94. The van der Waals surface area contributed by atoms with E-state index in [0.717, 1.165) is 59.6 Å². The van der Waals surface area contributed by atoms with Crippen LogP contribution in [0.3, 0.4) is 0 Å². The second kappa shape index (κ2) is 9.96. The molecule has 6 nitrogen and oxygen atoms in total. The summed E-state index contributed by atoms with van der Waals surface area (Å²) in [5.41, 5.74) is 3.13. The maximum atomic E-state index is 13.1. The van der Waals surface area contributed by atoms with Crippen molar-refractivity contribution in [1.82, 2.24) is 20.2 Å². The molecule has 1 fully saturated rings. The Bertz CT molecular complexity index is 1150. The van der Waals surface area contributed by atoms with Crippen molar-refractivity contribution in [2.24, 2.45) is 5.92 Å². The molecule has 170 valence electrons. The van der Waals surface area contributed by atoms with Crippen molar-refractivity contribution in [3.8, 4) is 11.1 Å². The SMILES string of the molecule is CCCCNC(=O)C1CCCN(Cc2nc3sc(C)c(-c4ccc(C)cc4)c3c(=O)[nH]2)C1. The molecular formula is C25H32N4O2S. The van der Waals surface area contributed by atoms with E-state index in [-0.39, 0.29) is 17.4 Å². The van der Waals surface area contributed by atoms with Crippen molar-refractivity contribution < 1.29 is 4.79 Å². The minimum atomic E-state index is -0.0872. The van der Waals surface area contributed by atoms with Crippen LogP contribution in [0, 0.1) is 19.8 Å². The number of nitrogens with zero attached hydrogens (tertiary/aromatic N) is 2. The molecule has 1 saturated heterocycles. The molecule has 1 aliphatic rings. The van der Waals surface area contributed by atoms with Crippen molar-refractivity contribution in [2.45, 2.75) is 53.0 Å². The Balaban J connectivity index is 1.52. The highest BCUT2D eigenvalue weighted by atomic mass is 32.1. The van der Waals surface area contributed by atoms with E-state index in [4.69, 9.17) is 4.98 Å². The van der Waals surface area contributed by atoms with Crippen LogP contribution in [-0.4, -0.2) is 40.4 Å². The Kier molecular flexibility index (Phi) is 7.06. The number of aryl methyl sites for hydroxylation is 2. The summed E-state index contributed by atoms with van der Waals surface area (Å²) < 4.78 is 0. The molecule has 32 heavy (non-hydrogen) atoms. The fraction of sp³-hybridized carbons (Fsp3) is 0.480. The smallest absolute Gasteiger partial charge is 0.260 e. The lowest BCUT2D eigenvalue weighted by atomic mass is 9.97. The summed E-state index contributed by atoms with van der Waals surface area (Å²) in [5, 5.41) is 3.73. The van der Waals surface area contributed by atoms with Crippen molar-refractivity contribution in [1.29, 1.82) is 0 Å². The van der Waals surface area contributed by atoms with Gasteiger partial charge in [0.05, 0.1) is 17.8 Å². The molecule has 0 saturated carbocycles. The van der Waals surface area contributed by atoms with Gasteiger partial charge in [0.2, 0.25) is 5.91 Å². The monoisotopic (exact) mass is 452 g/mol. The number of thiophene rings is 1. The maximum absolute atomic E-state index is 13.1. The van der Waals surface area contributed by atoms with E-state index in [1.54, 1.807) is 11.3 Å². The number of rotatable bonds is 7. The highest BCUT2D eigenvalue weighted by molar-refractivity contribution is 7.19. The Labute approximate surface area is 193 Å². The number of benzene rings is 1. The molecule has 0 aliphatic carbocycles. The van der Waals surface area contributed by atoms with Gasteiger partial charge in [0.1, 0.15) is 10.7 Å². The van der Waals surface area contributed by atoms with E-state index in [0.29, 0.717) is 24.3 Å². The van der Waals surface area contributed by atoms with Crippen LogP contribution in [0.15, 0.2) is 29.1 Å². The summed E-state index contributed by atoms with van der Waals surface area (Å²) in [6.45, 7) is 9.16. The molecule has 0 spiro atoms. The topological polar surface area (TPSA) is 78.1 Å². The van der Waals surface area contributed by atoms with Gasteiger partial charge in [-0.15, -0.1) is 11.3 Å². The molecule has 1 aliphatic heterocycles. The molecule has 4 rings (SSSR count). The van der Waals surface area contributed by atoms with Gasteiger partial charge in [-0.2, -0.15) is 0 Å². The van der Waals surface area contributed by atoms with Crippen molar-refractivity contribution in [3.63, 3.8) is 0 Å². The maximum Gasteiger partial charge on any atom is 0.260 e. The van der Waals surface area contributed by atoms with E-state index < -0.39 is 0 Å². The summed E-state index contributed by atoms with van der Waals surface area (Å²) >= 11 is 1.57. The third-order valence-corrected chi connectivity index (χ3v) is 7.21. The third-order valence-electron chi connectivity index (χ3n) is 6.21. The van der Waals surface area contributed by atoms with Gasteiger partial charge in [-0.25, -0.2) is 4.98 Å². The van der Waals surface area contributed by atoms with Crippen LogP contribution in [0.2, 0.25) is 0 Å². The zero-order valence-corrected chi connectivity index (χ0v) is 20.0. The number of nitrogens with one attached hydrogen (secondary N) is 2. The lowest BCUT2D eigenvalue weighted by Gasteiger charge is -2.31. The molecule has 2 N–H and O–H groups in total. The largest absolute Gasteiger partial charge is 0.356 e. The van der Waals surface area contributed by atoms with Crippen molar-refractivity contribution in [3.05, 3.63) is 50.9 Å². The summed E-state index contributed by atoms with van der Waals surface area (Å²) in [4.78, 5) is 37.5. The molecule has 1 amide bonds. The number of fused-ring (bicyclic) bond motifs is 1. The second-order valence-corrected chi connectivity index (χ2v) is 10.0. The minimum Gasteiger partial charge on any atom is -0.356 e. The number of likely N-dealkylation sites (tertiary alicyclic amines) is 1. The molecule has 1 unspecified atom stereocenters. The average molecular weight is 453 g/mol. The Morgan fingerprint density at radius 3 is 2.81 bits per heavy atom. The van der Waals surface area contributed by atoms with Gasteiger partial charge < -0.3 is 10.3 Å². The highest BCUT2D eigenvalue weighted by Gasteiger charge is 2.26. The first-order valence-corrected chi connectivity index (χ1v) is 12.4. The number of aromatic nitrogens is 2. The second-order valence-electron chi connectivity index (χ2n) is 8.81. The molecule has 0 radical (unpaired) electrons. The van der Waals surface area contributed by atoms with Crippen LogP contribution in [0.1, 0.15) is 48.9 Å². The zero-order chi connectivity index (χ0) is 22.7. The van der Waals surface area contributed by atoms with Crippen LogP contribution in [0.5, 0.6) is 0 Å². The lowest BCUT2D eigenvalue weighted by Crippen LogP contribution is -2.43. The lowest BCUT2D eigenvalue weighted by molar-refractivity contribution is -0.126. The number of H-pyrrole nitrogens is 1. The van der Waals surface area contributed by atoms with Gasteiger partial charge in [-0.1, -0.05) is 43.2 Å². The Morgan fingerprint density at radius 2 is 2.06 bits per heavy atom. The van der Waals surface area contributed by atoms with Crippen LogP contribution in [0.4, 0.5) is 0 Å². The minimum absolute atomic E-state index is 0.00758. The number of unbranched alkanes of at least 4 members (excludes halogenated alkanes) is 1. The van der Waals surface area contributed by atoms with E-state index in [2.05, 4.69) is 53.3 Å². The molecule has 3 heterocycles. The number of amides is 1. The van der Waals surface area contributed by atoms with Gasteiger partial charge in [-0.3, -0.25) is 14.5 Å². The molecule has 7 heteroatoms. The summed E-state index contributed by atoms with van der Waals surface area (Å²) in [5.74, 6) is 0.830. The van der Waals surface area contributed by atoms with Gasteiger partial charge >= 0.3 is 0 Å². The predicted octanol–water partition coefficient (Wildman–Crippen LogP) is 4.40. The number of piperidine rings is 1. The molecule has 1 aromatic carbocycles. The zero-order valence-electron chi connectivity index (χ0n) is 19.2. The number of hydrogen-bond acceptors (Lipinski definition) is 5. The van der Waals surface area contributed by atoms with E-state index >= 15 is 0 Å². The first-order chi connectivity index (χ1) is 15.5. The molecule has 0 bridgehead atoms. The predicted molar refractivity (Wildman–Crippen MR) is 131 cm³/mol. The van der Waals surface area contributed by atoms with E-state index in [9.17, 15) is 9.59 Å². The molecule has 1 atom stereocenters. The molecule has 3 aromatic rings. The normalized spacial score (nSPS) is 17.0. The van der Waals surface area contributed by atoms with Gasteiger partial charge in [0, 0.05) is 23.5 Å². The van der Waals surface area contributed by atoms with Crippen LogP contribution in [-0.2, 0) is 11.3 Å². The Hall–Kier alpha value is -2.51.